The van der Waals surface area contributed by atoms with E-state index >= 15 is 0 Å². The van der Waals surface area contributed by atoms with Gasteiger partial charge in [0.2, 0.25) is 11.6 Å². The molecular weight excluding hydrogens is 406 g/mol. The number of nitro benzene ring substituents is 1. The largest absolute Gasteiger partial charge is 0.378 e. The number of hydrazone groups is 1. The molecule has 4 rings (SSSR count). The van der Waals surface area contributed by atoms with Crippen LogP contribution in [-0.2, 0) is 0 Å². The molecule has 3 N–H and O–H groups in total. The molecule has 0 unspecified atom stereocenters. The van der Waals surface area contributed by atoms with Crippen LogP contribution in [0, 0.1) is 10.1 Å². The fraction of sp³-hybridized carbons (Fsp3) is 0. The number of nitrogens with one attached hydrogen (secondary N) is 1. The molecule has 4 aromatic rings. The summed E-state index contributed by atoms with van der Waals surface area (Å²) in [6.45, 7) is 0. The summed E-state index contributed by atoms with van der Waals surface area (Å²) in [5.41, 5.74) is 8.92. The molecule has 0 bridgehead atoms. The van der Waals surface area contributed by atoms with Crippen molar-refractivity contribution in [1.29, 1.82) is 0 Å². The Balaban J connectivity index is 1.70. The van der Waals surface area contributed by atoms with Crippen molar-refractivity contribution < 1.29 is 14.3 Å². The van der Waals surface area contributed by atoms with Gasteiger partial charge in [-0.05, 0) is 16.4 Å². The van der Waals surface area contributed by atoms with Crippen molar-refractivity contribution in [1.82, 2.24) is 30.7 Å². The summed E-state index contributed by atoms with van der Waals surface area (Å²) in [6.07, 6.45) is 1.17. The van der Waals surface area contributed by atoms with Crippen molar-refractivity contribution in [2.75, 3.05) is 5.73 Å². The molecule has 13 heteroatoms. The predicted octanol–water partition coefficient (Wildman–Crippen LogP) is 1.57. The van der Waals surface area contributed by atoms with Crippen LogP contribution in [0.25, 0.3) is 17.1 Å². The molecule has 0 radical (unpaired) electrons. The maximum Gasteiger partial charge on any atom is 0.292 e. The number of anilines is 1. The van der Waals surface area contributed by atoms with Gasteiger partial charge in [-0.25, -0.2) is 10.1 Å². The lowest BCUT2D eigenvalue weighted by atomic mass is 10.1. The van der Waals surface area contributed by atoms with Crippen LogP contribution in [0.3, 0.4) is 0 Å². The molecule has 0 atom stereocenters. The summed E-state index contributed by atoms with van der Waals surface area (Å²) < 4.78 is 5.66. The van der Waals surface area contributed by atoms with Crippen molar-refractivity contribution >= 4 is 23.6 Å². The normalized spacial score (nSPS) is 11.0. The number of aromatic nitrogens is 5. The average molecular weight is 419 g/mol. The first-order valence-corrected chi connectivity index (χ1v) is 8.72. The van der Waals surface area contributed by atoms with Crippen molar-refractivity contribution in [3.63, 3.8) is 0 Å². The van der Waals surface area contributed by atoms with Crippen LogP contribution >= 0.6 is 0 Å². The van der Waals surface area contributed by atoms with E-state index in [1.54, 1.807) is 30.3 Å². The molecule has 0 aliphatic carbocycles. The second-order valence-electron chi connectivity index (χ2n) is 6.05. The highest BCUT2D eigenvalue weighted by Gasteiger charge is 2.25. The van der Waals surface area contributed by atoms with E-state index in [9.17, 15) is 14.9 Å². The molecule has 0 spiro atoms. The van der Waals surface area contributed by atoms with Crippen LogP contribution < -0.4 is 11.2 Å². The van der Waals surface area contributed by atoms with Crippen LogP contribution in [0.2, 0.25) is 0 Å². The minimum absolute atomic E-state index is 0.0255. The Bertz CT molecular complexity index is 1280. The van der Waals surface area contributed by atoms with Gasteiger partial charge in [-0.3, -0.25) is 14.9 Å². The van der Waals surface area contributed by atoms with E-state index in [1.165, 1.54) is 24.4 Å². The Morgan fingerprint density at radius 1 is 1.16 bits per heavy atom. The topological polar surface area (TPSA) is 180 Å². The zero-order chi connectivity index (χ0) is 21.8. The zero-order valence-electron chi connectivity index (χ0n) is 15.6. The maximum absolute atomic E-state index is 13.0. The van der Waals surface area contributed by atoms with Crippen molar-refractivity contribution in [2.24, 2.45) is 5.10 Å². The minimum atomic E-state index is -0.707. The smallest absolute Gasteiger partial charge is 0.292 e. The number of nitrogen functional groups attached to an aromatic ring is 1. The maximum atomic E-state index is 13.0. The average Bonchev–Trinajstić information content (AvgIpc) is 3.40. The lowest BCUT2D eigenvalue weighted by Gasteiger charge is -2.05. The zero-order valence-corrected chi connectivity index (χ0v) is 15.6. The van der Waals surface area contributed by atoms with Gasteiger partial charge in [-0.1, -0.05) is 47.7 Å². The molecule has 154 valence electrons. The van der Waals surface area contributed by atoms with Gasteiger partial charge in [0.25, 0.3) is 11.6 Å². The molecule has 31 heavy (non-hydrogen) atoms. The van der Waals surface area contributed by atoms with Crippen molar-refractivity contribution in [3.05, 3.63) is 76.0 Å². The third-order valence-corrected chi connectivity index (χ3v) is 4.13. The van der Waals surface area contributed by atoms with E-state index in [0.717, 1.165) is 4.68 Å². The van der Waals surface area contributed by atoms with E-state index in [1.807, 2.05) is 6.07 Å². The van der Waals surface area contributed by atoms with Gasteiger partial charge in [0, 0.05) is 11.6 Å². The molecular formula is C18H13N9O4. The van der Waals surface area contributed by atoms with Gasteiger partial charge in [0.1, 0.15) is 5.69 Å². The molecule has 13 nitrogen and oxygen atoms in total. The number of nitrogens with two attached hydrogens (primary N) is 1. The van der Waals surface area contributed by atoms with Crippen LogP contribution in [-0.4, -0.2) is 42.4 Å². The number of carbonyl (C=O) groups excluding carboxylic acids is 1. The Morgan fingerprint density at radius 3 is 2.61 bits per heavy atom. The molecule has 2 aromatic heterocycles. The summed E-state index contributed by atoms with van der Waals surface area (Å²) in [4.78, 5) is 23.5. The first-order chi connectivity index (χ1) is 15.1. The Labute approximate surface area is 173 Å². The number of nitro groups is 1. The first kappa shape index (κ1) is 19.4. The summed E-state index contributed by atoms with van der Waals surface area (Å²) in [5, 5.41) is 30.1. The summed E-state index contributed by atoms with van der Waals surface area (Å²) in [5.74, 6) is -0.828. The number of amides is 1. The van der Waals surface area contributed by atoms with E-state index in [-0.39, 0.29) is 34.3 Å². The molecule has 0 saturated heterocycles. The van der Waals surface area contributed by atoms with E-state index < -0.39 is 10.8 Å². The van der Waals surface area contributed by atoms with Gasteiger partial charge >= 0.3 is 0 Å². The highest BCUT2D eigenvalue weighted by molar-refractivity contribution is 5.99. The van der Waals surface area contributed by atoms with E-state index in [2.05, 4.69) is 35.8 Å². The number of nitrogens with zero attached hydrogens (tertiary/aromatic N) is 7. The van der Waals surface area contributed by atoms with Crippen molar-refractivity contribution in [3.8, 4) is 17.1 Å². The third-order valence-electron chi connectivity index (χ3n) is 4.13. The fourth-order valence-electron chi connectivity index (χ4n) is 2.74. The molecule has 0 aliphatic heterocycles. The van der Waals surface area contributed by atoms with Crippen LogP contribution in [0.1, 0.15) is 16.1 Å². The van der Waals surface area contributed by atoms with E-state index in [0.29, 0.717) is 5.56 Å². The quantitative estimate of drug-likeness (QED) is 0.266. The van der Waals surface area contributed by atoms with Crippen LogP contribution in [0.15, 0.2) is 64.3 Å². The lowest BCUT2D eigenvalue weighted by Crippen LogP contribution is -2.22. The standard InChI is InChI=1S/C18H13N9O4/c19-16-17(24-31-23-16)26-15(14(21-25-26)11-6-2-1-3-7-11)18(28)22-20-10-12-8-4-5-9-13(12)27(29)30/h1-10H,(H2,19,23)(H,22,28)/b20-10+. The number of carbonyl (C=O) groups is 1. The third kappa shape index (κ3) is 3.82. The first-order valence-electron chi connectivity index (χ1n) is 8.72. The molecule has 0 saturated carbocycles. The molecule has 1 amide bonds. The van der Waals surface area contributed by atoms with Crippen LogP contribution in [0.4, 0.5) is 11.5 Å². The molecule has 0 aliphatic rings. The van der Waals surface area contributed by atoms with Gasteiger partial charge in [0.15, 0.2) is 5.69 Å². The molecule has 2 heterocycles. The summed E-state index contributed by atoms with van der Waals surface area (Å²) in [7, 11) is 0. The SMILES string of the molecule is Nc1nonc1-n1nnc(-c2ccccc2)c1C(=O)N/N=C/c1ccccc1[N+](=O)[O-]. The van der Waals surface area contributed by atoms with Gasteiger partial charge in [-0.15, -0.1) is 5.10 Å². The number of hydrogen-bond donors (Lipinski definition) is 2. The molecule has 2 aromatic carbocycles. The van der Waals surface area contributed by atoms with E-state index in [4.69, 9.17) is 5.73 Å². The highest BCUT2D eigenvalue weighted by Crippen LogP contribution is 2.24. The number of rotatable bonds is 6. The summed E-state index contributed by atoms with van der Waals surface area (Å²) in [6, 6.07) is 14.8. The minimum Gasteiger partial charge on any atom is -0.378 e. The fourth-order valence-corrected chi connectivity index (χ4v) is 2.74. The van der Waals surface area contributed by atoms with Gasteiger partial charge in [0.05, 0.1) is 16.7 Å². The Morgan fingerprint density at radius 2 is 1.90 bits per heavy atom. The highest BCUT2D eigenvalue weighted by atomic mass is 16.6. The summed E-state index contributed by atoms with van der Waals surface area (Å²) >= 11 is 0. The van der Waals surface area contributed by atoms with Crippen LogP contribution in [0.5, 0.6) is 0 Å². The lowest BCUT2D eigenvalue weighted by molar-refractivity contribution is -0.385. The second-order valence-corrected chi connectivity index (χ2v) is 6.05. The van der Waals surface area contributed by atoms with Gasteiger partial charge < -0.3 is 5.73 Å². The van der Waals surface area contributed by atoms with Gasteiger partial charge in [-0.2, -0.15) is 9.78 Å². The molecule has 0 fully saturated rings. The number of benzene rings is 2. The Kier molecular flexibility index (Phi) is 5.13. The van der Waals surface area contributed by atoms with Crippen molar-refractivity contribution in [2.45, 2.75) is 0 Å². The predicted molar refractivity (Wildman–Crippen MR) is 107 cm³/mol. The monoisotopic (exact) mass is 419 g/mol. The number of para-hydroxylation sites is 1. The second kappa shape index (κ2) is 8.20. The number of hydrogen-bond acceptors (Lipinski definition) is 10. The Hall–Kier alpha value is -4.94.